The Morgan fingerprint density at radius 1 is 0.917 bits per heavy atom. The SMILES string of the molecule is COC(=O)Nc1nc2ccc(Oc3ccc(NC(=O)Nc4cc(F)ccc4C(F)(F)F)cc3)cc2[nH]1. The lowest BCUT2D eigenvalue weighted by Gasteiger charge is -2.14. The molecule has 0 aliphatic carbocycles. The van der Waals surface area contributed by atoms with Gasteiger partial charge in [0.15, 0.2) is 0 Å². The quantitative estimate of drug-likeness (QED) is 0.237. The van der Waals surface area contributed by atoms with Crippen molar-refractivity contribution in [2.45, 2.75) is 6.18 Å². The van der Waals surface area contributed by atoms with Crippen LogP contribution in [0.5, 0.6) is 11.5 Å². The fraction of sp³-hybridized carbons (Fsp3) is 0.0870. The molecule has 0 radical (unpaired) electrons. The number of carbonyl (C=O) groups excluding carboxylic acids is 2. The number of fused-ring (bicyclic) bond motifs is 1. The molecule has 0 saturated carbocycles. The predicted molar refractivity (Wildman–Crippen MR) is 123 cm³/mol. The highest BCUT2D eigenvalue weighted by atomic mass is 19.4. The number of methoxy groups -OCH3 is 1. The number of nitrogens with zero attached hydrogens (tertiary/aromatic N) is 1. The maximum Gasteiger partial charge on any atom is 0.418 e. The second-order valence-corrected chi connectivity index (χ2v) is 7.27. The van der Waals surface area contributed by atoms with E-state index in [2.05, 4.69) is 25.3 Å². The van der Waals surface area contributed by atoms with E-state index in [0.717, 1.165) is 0 Å². The first kappa shape index (κ1) is 24.3. The first-order chi connectivity index (χ1) is 17.1. The van der Waals surface area contributed by atoms with Crippen molar-refractivity contribution < 1.29 is 36.6 Å². The number of rotatable bonds is 5. The Balaban J connectivity index is 1.40. The summed E-state index contributed by atoms with van der Waals surface area (Å²) in [5, 5.41) is 6.80. The number of ether oxygens (including phenoxy) is 2. The van der Waals surface area contributed by atoms with Crippen LogP contribution in [-0.2, 0) is 10.9 Å². The van der Waals surface area contributed by atoms with Crippen molar-refractivity contribution in [3.63, 3.8) is 0 Å². The summed E-state index contributed by atoms with van der Waals surface area (Å²) in [5.74, 6) is 0.115. The molecule has 0 bridgehead atoms. The van der Waals surface area contributed by atoms with Crippen LogP contribution in [0.15, 0.2) is 60.7 Å². The first-order valence-electron chi connectivity index (χ1n) is 10.2. The van der Waals surface area contributed by atoms with Crippen LogP contribution in [0.25, 0.3) is 11.0 Å². The van der Waals surface area contributed by atoms with Gasteiger partial charge in [0.2, 0.25) is 5.95 Å². The van der Waals surface area contributed by atoms with E-state index in [1.165, 1.54) is 31.4 Å². The van der Waals surface area contributed by atoms with Gasteiger partial charge in [-0.05, 0) is 54.6 Å². The molecule has 4 N–H and O–H groups in total. The summed E-state index contributed by atoms with van der Waals surface area (Å²) in [4.78, 5) is 30.6. The predicted octanol–water partition coefficient (Wildman–Crippen LogP) is 6.34. The van der Waals surface area contributed by atoms with Crippen LogP contribution in [-0.4, -0.2) is 29.2 Å². The zero-order valence-electron chi connectivity index (χ0n) is 18.4. The number of alkyl halides is 3. The Kier molecular flexibility index (Phi) is 6.63. The molecule has 4 rings (SSSR count). The summed E-state index contributed by atoms with van der Waals surface area (Å²) >= 11 is 0. The monoisotopic (exact) mass is 503 g/mol. The van der Waals surface area contributed by atoms with Crippen LogP contribution in [0.1, 0.15) is 5.56 Å². The molecule has 0 aliphatic heterocycles. The number of hydrogen-bond acceptors (Lipinski definition) is 5. The first-order valence-corrected chi connectivity index (χ1v) is 10.2. The maximum atomic E-state index is 13.4. The molecule has 3 amide bonds. The number of hydrogen-bond donors (Lipinski definition) is 4. The van der Waals surface area contributed by atoms with E-state index >= 15 is 0 Å². The summed E-state index contributed by atoms with van der Waals surface area (Å²) < 4.78 is 63.0. The zero-order chi connectivity index (χ0) is 25.9. The van der Waals surface area contributed by atoms with Crippen molar-refractivity contribution in [2.24, 2.45) is 0 Å². The van der Waals surface area contributed by atoms with Crippen molar-refractivity contribution in [1.29, 1.82) is 0 Å². The van der Waals surface area contributed by atoms with E-state index in [4.69, 9.17) is 4.74 Å². The molecule has 186 valence electrons. The molecule has 0 atom stereocenters. The van der Waals surface area contributed by atoms with Crippen molar-refractivity contribution >= 4 is 40.5 Å². The van der Waals surface area contributed by atoms with E-state index in [1.807, 2.05) is 5.32 Å². The topological polar surface area (TPSA) is 117 Å². The highest BCUT2D eigenvalue weighted by Crippen LogP contribution is 2.35. The van der Waals surface area contributed by atoms with Gasteiger partial charge in [0.1, 0.15) is 17.3 Å². The van der Waals surface area contributed by atoms with E-state index < -0.39 is 35.4 Å². The number of nitrogens with one attached hydrogen (secondary N) is 4. The summed E-state index contributed by atoms with van der Waals surface area (Å²) in [6.07, 6.45) is -5.45. The van der Waals surface area contributed by atoms with Crippen molar-refractivity contribution in [3.05, 3.63) is 72.0 Å². The smallest absolute Gasteiger partial charge is 0.418 e. The number of anilines is 3. The number of benzene rings is 3. The van der Waals surface area contributed by atoms with Gasteiger partial charge in [0.05, 0.1) is 29.4 Å². The molecule has 13 heteroatoms. The van der Waals surface area contributed by atoms with Gasteiger partial charge in [-0.15, -0.1) is 0 Å². The Morgan fingerprint density at radius 2 is 1.64 bits per heavy atom. The third kappa shape index (κ3) is 5.81. The Hall–Kier alpha value is -4.81. The van der Waals surface area contributed by atoms with Crippen LogP contribution in [0.4, 0.5) is 44.5 Å². The minimum Gasteiger partial charge on any atom is -0.457 e. The van der Waals surface area contributed by atoms with E-state index in [-0.39, 0.29) is 11.6 Å². The lowest BCUT2D eigenvalue weighted by molar-refractivity contribution is -0.136. The van der Waals surface area contributed by atoms with Gasteiger partial charge < -0.3 is 25.1 Å². The number of imidazole rings is 1. The minimum atomic E-state index is -4.77. The van der Waals surface area contributed by atoms with E-state index in [1.54, 1.807) is 18.2 Å². The van der Waals surface area contributed by atoms with Crippen LogP contribution < -0.4 is 20.7 Å². The third-order valence-corrected chi connectivity index (χ3v) is 4.74. The number of carbonyl (C=O) groups is 2. The van der Waals surface area contributed by atoms with Crippen LogP contribution in [0, 0.1) is 5.82 Å². The van der Waals surface area contributed by atoms with Crippen molar-refractivity contribution in [3.8, 4) is 11.5 Å². The molecule has 3 aromatic carbocycles. The fourth-order valence-corrected chi connectivity index (χ4v) is 3.15. The summed E-state index contributed by atoms with van der Waals surface area (Å²) in [7, 11) is 1.23. The number of urea groups is 1. The minimum absolute atomic E-state index is 0.197. The standard InChI is InChI=1S/C23H17F4N5O4/c1-35-22(34)32-20-29-17-9-7-15(11-19(17)30-20)36-14-5-3-13(4-6-14)28-21(33)31-18-10-12(24)2-8-16(18)23(25,26)27/h2-11H,1H3,(H2,28,31,33)(H2,29,30,32,34). The molecule has 9 nitrogen and oxygen atoms in total. The molecule has 0 fully saturated rings. The number of aromatic amines is 1. The van der Waals surface area contributed by atoms with Gasteiger partial charge in [0.25, 0.3) is 0 Å². The van der Waals surface area contributed by atoms with Gasteiger partial charge in [-0.1, -0.05) is 0 Å². The molecule has 36 heavy (non-hydrogen) atoms. The lowest BCUT2D eigenvalue weighted by Crippen LogP contribution is -2.22. The summed E-state index contributed by atoms with van der Waals surface area (Å²) in [6.45, 7) is 0. The summed E-state index contributed by atoms with van der Waals surface area (Å²) in [5.41, 5.74) is -0.465. The maximum absolute atomic E-state index is 13.4. The van der Waals surface area contributed by atoms with E-state index in [9.17, 15) is 27.2 Å². The highest BCUT2D eigenvalue weighted by molar-refractivity contribution is 6.00. The van der Waals surface area contributed by atoms with E-state index in [0.29, 0.717) is 40.7 Å². The number of aromatic nitrogens is 2. The van der Waals surface area contributed by atoms with Crippen LogP contribution in [0.3, 0.4) is 0 Å². The Bertz CT molecular complexity index is 1420. The van der Waals surface area contributed by atoms with Gasteiger partial charge in [0, 0.05) is 11.8 Å². The van der Waals surface area contributed by atoms with Crippen LogP contribution >= 0.6 is 0 Å². The second-order valence-electron chi connectivity index (χ2n) is 7.27. The van der Waals surface area contributed by atoms with Crippen molar-refractivity contribution in [1.82, 2.24) is 9.97 Å². The molecule has 0 spiro atoms. The molecule has 1 aromatic heterocycles. The Morgan fingerprint density at radius 3 is 2.33 bits per heavy atom. The van der Waals surface area contributed by atoms with Gasteiger partial charge in [-0.25, -0.2) is 19.0 Å². The Labute approximate surface area is 200 Å². The zero-order valence-corrected chi connectivity index (χ0v) is 18.4. The molecule has 4 aromatic rings. The number of amides is 3. The molecular weight excluding hydrogens is 486 g/mol. The van der Waals surface area contributed by atoms with Crippen LogP contribution in [0.2, 0.25) is 0 Å². The molecule has 1 heterocycles. The third-order valence-electron chi connectivity index (χ3n) is 4.74. The fourth-order valence-electron chi connectivity index (χ4n) is 3.15. The molecule has 0 aliphatic rings. The molecule has 0 unspecified atom stereocenters. The summed E-state index contributed by atoms with van der Waals surface area (Å²) in [6, 6.07) is 11.8. The van der Waals surface area contributed by atoms with Gasteiger partial charge >= 0.3 is 18.3 Å². The average Bonchev–Trinajstić information content (AvgIpc) is 3.21. The van der Waals surface area contributed by atoms with Crippen molar-refractivity contribution in [2.75, 3.05) is 23.1 Å². The number of halogens is 4. The average molecular weight is 503 g/mol. The molecular formula is C23H17F4N5O4. The largest absolute Gasteiger partial charge is 0.457 e. The lowest BCUT2D eigenvalue weighted by atomic mass is 10.1. The van der Waals surface area contributed by atoms with Gasteiger partial charge in [-0.3, -0.25) is 5.32 Å². The molecule has 0 saturated heterocycles. The van der Waals surface area contributed by atoms with Gasteiger partial charge in [-0.2, -0.15) is 13.2 Å². The number of H-pyrrole nitrogens is 1. The normalized spacial score (nSPS) is 11.1. The highest BCUT2D eigenvalue weighted by Gasteiger charge is 2.34. The second kappa shape index (κ2) is 9.82.